The smallest absolute Gasteiger partial charge is 0.0699 e. The highest BCUT2D eigenvalue weighted by Gasteiger charge is 2.17. The normalized spacial score (nSPS) is 21.8. The van der Waals surface area contributed by atoms with Gasteiger partial charge in [0.05, 0.1) is 6.10 Å². The van der Waals surface area contributed by atoms with Gasteiger partial charge in [0, 0.05) is 32.8 Å². The molecule has 100 valence electrons. The highest BCUT2D eigenvalue weighted by Crippen LogP contribution is 2.15. The highest BCUT2D eigenvalue weighted by molar-refractivity contribution is 5.26. The molecular formula is C15H24N2O. The Hall–Kier alpha value is -0.900. The second-order valence-corrected chi connectivity index (χ2v) is 4.96. The number of benzene rings is 1. The van der Waals surface area contributed by atoms with Crippen LogP contribution in [-0.4, -0.2) is 30.7 Å². The molecule has 0 radical (unpaired) electrons. The fourth-order valence-electron chi connectivity index (χ4n) is 2.51. The molecule has 1 saturated heterocycles. The monoisotopic (exact) mass is 248 g/mol. The van der Waals surface area contributed by atoms with Crippen LogP contribution < -0.4 is 5.73 Å². The van der Waals surface area contributed by atoms with Crippen LogP contribution in [0.15, 0.2) is 24.3 Å². The summed E-state index contributed by atoms with van der Waals surface area (Å²) in [6.45, 7) is 6.87. The van der Waals surface area contributed by atoms with Gasteiger partial charge in [0.1, 0.15) is 0 Å². The van der Waals surface area contributed by atoms with E-state index in [4.69, 9.17) is 10.5 Å². The van der Waals surface area contributed by atoms with Crippen molar-refractivity contribution in [3.8, 4) is 0 Å². The van der Waals surface area contributed by atoms with Crippen LogP contribution in [0.4, 0.5) is 0 Å². The lowest BCUT2D eigenvalue weighted by Gasteiger charge is -2.24. The Labute approximate surface area is 110 Å². The highest BCUT2D eigenvalue weighted by atomic mass is 16.5. The first-order valence-electron chi connectivity index (χ1n) is 6.94. The molecule has 2 N–H and O–H groups in total. The fourth-order valence-corrected chi connectivity index (χ4v) is 2.51. The molecule has 2 rings (SSSR count). The van der Waals surface area contributed by atoms with Crippen LogP contribution >= 0.6 is 0 Å². The number of ether oxygens (including phenoxy) is 1. The van der Waals surface area contributed by atoms with Gasteiger partial charge in [-0.3, -0.25) is 4.90 Å². The van der Waals surface area contributed by atoms with Gasteiger partial charge < -0.3 is 10.5 Å². The van der Waals surface area contributed by atoms with Crippen molar-refractivity contribution in [1.82, 2.24) is 4.90 Å². The number of nitrogens with two attached hydrogens (primary N) is 1. The number of hydrogen-bond donors (Lipinski definition) is 1. The quantitative estimate of drug-likeness (QED) is 0.887. The molecule has 0 amide bonds. The van der Waals surface area contributed by atoms with Crippen LogP contribution in [0, 0.1) is 0 Å². The molecule has 1 aliphatic rings. The Morgan fingerprint density at radius 3 is 2.83 bits per heavy atom. The third kappa shape index (κ3) is 3.55. The van der Waals surface area contributed by atoms with Crippen molar-refractivity contribution in [2.75, 3.05) is 19.7 Å². The minimum Gasteiger partial charge on any atom is -0.377 e. The summed E-state index contributed by atoms with van der Waals surface area (Å²) >= 11 is 0. The van der Waals surface area contributed by atoms with Gasteiger partial charge in [-0.2, -0.15) is 0 Å². The summed E-state index contributed by atoms with van der Waals surface area (Å²) in [7, 11) is 0. The van der Waals surface area contributed by atoms with E-state index in [2.05, 4.69) is 36.1 Å². The number of hydrogen-bond acceptors (Lipinski definition) is 3. The first-order valence-corrected chi connectivity index (χ1v) is 6.94. The third-order valence-corrected chi connectivity index (χ3v) is 3.62. The molecule has 1 unspecified atom stereocenters. The Morgan fingerprint density at radius 1 is 1.33 bits per heavy atom. The lowest BCUT2D eigenvalue weighted by atomic mass is 10.1. The van der Waals surface area contributed by atoms with Gasteiger partial charge in [-0.15, -0.1) is 0 Å². The Bertz CT molecular complexity index is 367. The zero-order valence-electron chi connectivity index (χ0n) is 11.3. The topological polar surface area (TPSA) is 38.5 Å². The maximum atomic E-state index is 5.81. The van der Waals surface area contributed by atoms with E-state index in [1.54, 1.807) is 0 Å². The molecule has 1 aliphatic heterocycles. The van der Waals surface area contributed by atoms with Crippen LogP contribution in [-0.2, 0) is 17.8 Å². The first kappa shape index (κ1) is 13.5. The SMILES string of the molecule is CCC1CN(Cc2ccccc2CN)CCCO1. The molecule has 1 fully saturated rings. The fraction of sp³-hybridized carbons (Fsp3) is 0.600. The van der Waals surface area contributed by atoms with Crippen molar-refractivity contribution in [3.63, 3.8) is 0 Å². The number of nitrogens with zero attached hydrogens (tertiary/aromatic N) is 1. The maximum Gasteiger partial charge on any atom is 0.0699 e. The summed E-state index contributed by atoms with van der Waals surface area (Å²) in [4.78, 5) is 2.50. The van der Waals surface area contributed by atoms with Gasteiger partial charge in [0.25, 0.3) is 0 Å². The van der Waals surface area contributed by atoms with E-state index in [-0.39, 0.29) is 0 Å². The summed E-state index contributed by atoms with van der Waals surface area (Å²) in [5.41, 5.74) is 8.41. The molecule has 1 aromatic rings. The average Bonchev–Trinajstić information content (AvgIpc) is 2.64. The molecule has 3 heteroatoms. The summed E-state index contributed by atoms with van der Waals surface area (Å²) < 4.78 is 5.81. The van der Waals surface area contributed by atoms with Crippen molar-refractivity contribution in [2.24, 2.45) is 5.73 Å². The largest absolute Gasteiger partial charge is 0.377 e. The molecule has 3 nitrogen and oxygen atoms in total. The van der Waals surface area contributed by atoms with Crippen molar-refractivity contribution in [1.29, 1.82) is 0 Å². The molecule has 18 heavy (non-hydrogen) atoms. The van der Waals surface area contributed by atoms with Crippen LogP contribution in [0.3, 0.4) is 0 Å². The van der Waals surface area contributed by atoms with Crippen LogP contribution in [0.25, 0.3) is 0 Å². The molecule has 1 atom stereocenters. The zero-order chi connectivity index (χ0) is 12.8. The minimum absolute atomic E-state index is 0.387. The Balaban J connectivity index is 2.02. The molecule has 0 saturated carbocycles. The predicted octanol–water partition coefficient (Wildman–Crippen LogP) is 2.15. The van der Waals surface area contributed by atoms with Crippen LogP contribution in [0.2, 0.25) is 0 Å². The third-order valence-electron chi connectivity index (χ3n) is 3.62. The van der Waals surface area contributed by atoms with Crippen LogP contribution in [0.5, 0.6) is 0 Å². The van der Waals surface area contributed by atoms with E-state index in [1.165, 1.54) is 11.1 Å². The first-order chi connectivity index (χ1) is 8.83. The summed E-state index contributed by atoms with van der Waals surface area (Å²) in [6, 6.07) is 8.47. The minimum atomic E-state index is 0.387. The predicted molar refractivity (Wildman–Crippen MR) is 74.3 cm³/mol. The van der Waals surface area contributed by atoms with Crippen molar-refractivity contribution < 1.29 is 4.74 Å². The maximum absolute atomic E-state index is 5.81. The standard InChI is InChI=1S/C15H24N2O/c1-2-15-12-17(8-5-9-18-15)11-14-7-4-3-6-13(14)10-16/h3-4,6-7,15H,2,5,8-12,16H2,1H3. The lowest BCUT2D eigenvalue weighted by Crippen LogP contribution is -2.31. The van der Waals surface area contributed by atoms with Crippen molar-refractivity contribution in [3.05, 3.63) is 35.4 Å². The zero-order valence-corrected chi connectivity index (χ0v) is 11.3. The second kappa shape index (κ2) is 6.88. The summed E-state index contributed by atoms with van der Waals surface area (Å²) in [5, 5.41) is 0. The van der Waals surface area contributed by atoms with Crippen molar-refractivity contribution in [2.45, 2.75) is 39.0 Å². The molecule has 0 bridgehead atoms. The van der Waals surface area contributed by atoms with E-state index in [1.807, 2.05) is 0 Å². The van der Waals surface area contributed by atoms with Gasteiger partial charge in [-0.1, -0.05) is 31.2 Å². The van der Waals surface area contributed by atoms with E-state index < -0.39 is 0 Å². The molecule has 0 aliphatic carbocycles. The van der Waals surface area contributed by atoms with Gasteiger partial charge in [-0.05, 0) is 24.0 Å². The van der Waals surface area contributed by atoms with E-state index in [0.29, 0.717) is 12.6 Å². The van der Waals surface area contributed by atoms with Gasteiger partial charge >= 0.3 is 0 Å². The molecular weight excluding hydrogens is 224 g/mol. The molecule has 0 spiro atoms. The Morgan fingerprint density at radius 2 is 2.11 bits per heavy atom. The number of rotatable bonds is 4. The van der Waals surface area contributed by atoms with E-state index >= 15 is 0 Å². The molecule has 1 aromatic carbocycles. The van der Waals surface area contributed by atoms with E-state index in [0.717, 1.165) is 39.1 Å². The van der Waals surface area contributed by atoms with E-state index in [9.17, 15) is 0 Å². The average molecular weight is 248 g/mol. The molecule has 1 heterocycles. The lowest BCUT2D eigenvalue weighted by molar-refractivity contribution is 0.0510. The van der Waals surface area contributed by atoms with Crippen molar-refractivity contribution >= 4 is 0 Å². The van der Waals surface area contributed by atoms with Gasteiger partial charge in [0.2, 0.25) is 0 Å². The summed E-state index contributed by atoms with van der Waals surface area (Å²) in [5.74, 6) is 0. The second-order valence-electron chi connectivity index (χ2n) is 4.96. The van der Waals surface area contributed by atoms with Crippen LogP contribution in [0.1, 0.15) is 30.9 Å². The van der Waals surface area contributed by atoms with Gasteiger partial charge in [-0.25, -0.2) is 0 Å². The summed E-state index contributed by atoms with van der Waals surface area (Å²) in [6.07, 6.45) is 2.61. The molecule has 0 aromatic heterocycles. The van der Waals surface area contributed by atoms with Gasteiger partial charge in [0.15, 0.2) is 0 Å². The Kier molecular flexibility index (Phi) is 5.17.